The van der Waals surface area contributed by atoms with E-state index in [0.29, 0.717) is 18.2 Å². The molecule has 0 spiro atoms. The van der Waals surface area contributed by atoms with Gasteiger partial charge in [-0.25, -0.2) is 4.98 Å². The van der Waals surface area contributed by atoms with Gasteiger partial charge in [0, 0.05) is 24.2 Å². The summed E-state index contributed by atoms with van der Waals surface area (Å²) in [7, 11) is 0. The van der Waals surface area contributed by atoms with E-state index < -0.39 is 0 Å². The molecule has 0 amide bonds. The first kappa shape index (κ1) is 11.8. The monoisotopic (exact) mass is 235 g/mol. The van der Waals surface area contributed by atoms with Gasteiger partial charge in [-0.3, -0.25) is 0 Å². The third-order valence-electron chi connectivity index (χ3n) is 2.82. The first-order valence-corrected chi connectivity index (χ1v) is 5.77. The van der Waals surface area contributed by atoms with Crippen LogP contribution in [0.5, 0.6) is 0 Å². The highest BCUT2D eigenvalue weighted by atomic mass is 16.5. The maximum atomic E-state index is 6.00. The Kier molecular flexibility index (Phi) is 3.53. The van der Waals surface area contributed by atoms with Crippen LogP contribution in [0.3, 0.4) is 0 Å². The summed E-state index contributed by atoms with van der Waals surface area (Å²) in [5.74, 6) is 1.50. The molecule has 6 heteroatoms. The minimum Gasteiger partial charge on any atom is -0.348 e. The van der Waals surface area contributed by atoms with Gasteiger partial charge >= 0.3 is 0 Å². The fourth-order valence-corrected chi connectivity index (χ4v) is 1.50. The number of imidazole rings is 1. The van der Waals surface area contributed by atoms with Crippen molar-refractivity contribution in [3.05, 3.63) is 29.9 Å². The first-order valence-electron chi connectivity index (χ1n) is 5.77. The van der Waals surface area contributed by atoms with Gasteiger partial charge in [-0.05, 0) is 6.42 Å². The molecule has 1 unspecified atom stereocenters. The van der Waals surface area contributed by atoms with Gasteiger partial charge < -0.3 is 15.2 Å². The maximum absolute atomic E-state index is 6.00. The summed E-state index contributed by atoms with van der Waals surface area (Å²) in [6, 6.07) is -0.291. The topological polar surface area (TPSA) is 93.6 Å². The van der Waals surface area contributed by atoms with Gasteiger partial charge in [-0.2, -0.15) is 4.98 Å². The van der Waals surface area contributed by atoms with Gasteiger partial charge in [0.1, 0.15) is 0 Å². The van der Waals surface area contributed by atoms with Crippen molar-refractivity contribution in [1.82, 2.24) is 20.1 Å². The average Bonchev–Trinajstić information content (AvgIpc) is 2.98. The Bertz CT molecular complexity index is 450. The molecule has 3 N–H and O–H groups in total. The molecule has 6 nitrogen and oxygen atoms in total. The molecule has 0 saturated carbocycles. The second-order valence-electron chi connectivity index (χ2n) is 4.19. The standard InChI is InChI=1S/C11H17N5O/c1-3-7(2)10-15-11(17-16-10)9(12)4-8-5-13-6-14-8/h5-7,9H,3-4,12H2,1-2H3,(H,13,14)/t7?,9-/m0/s1. The lowest BCUT2D eigenvalue weighted by atomic mass is 10.1. The third kappa shape index (κ3) is 2.71. The molecule has 0 bridgehead atoms. The molecule has 0 saturated heterocycles. The molecule has 0 fully saturated rings. The van der Waals surface area contributed by atoms with Crippen LogP contribution in [0.4, 0.5) is 0 Å². The number of aromatic nitrogens is 4. The van der Waals surface area contributed by atoms with Gasteiger partial charge in [-0.1, -0.05) is 19.0 Å². The highest BCUT2D eigenvalue weighted by Crippen LogP contribution is 2.18. The van der Waals surface area contributed by atoms with Crippen molar-refractivity contribution < 1.29 is 4.52 Å². The fourth-order valence-electron chi connectivity index (χ4n) is 1.50. The second-order valence-corrected chi connectivity index (χ2v) is 4.19. The Labute approximate surface area is 99.6 Å². The summed E-state index contributed by atoms with van der Waals surface area (Å²) in [4.78, 5) is 11.3. The van der Waals surface area contributed by atoms with E-state index in [1.54, 1.807) is 12.5 Å². The van der Waals surface area contributed by atoms with E-state index in [9.17, 15) is 0 Å². The first-order chi connectivity index (χ1) is 8.20. The summed E-state index contributed by atoms with van der Waals surface area (Å²) in [5.41, 5.74) is 6.96. The molecule has 2 heterocycles. The number of hydrogen-bond donors (Lipinski definition) is 2. The molecule has 0 aliphatic rings. The van der Waals surface area contributed by atoms with Crippen LogP contribution < -0.4 is 5.73 Å². The van der Waals surface area contributed by atoms with Crippen molar-refractivity contribution in [2.75, 3.05) is 0 Å². The largest absolute Gasteiger partial charge is 0.348 e. The lowest BCUT2D eigenvalue weighted by molar-refractivity contribution is 0.347. The molecule has 2 aromatic heterocycles. The van der Waals surface area contributed by atoms with Crippen LogP contribution in [0.15, 0.2) is 17.0 Å². The van der Waals surface area contributed by atoms with Gasteiger partial charge in [0.15, 0.2) is 5.82 Å². The number of H-pyrrole nitrogens is 1. The summed E-state index contributed by atoms with van der Waals surface area (Å²) in [5, 5.41) is 3.95. The van der Waals surface area contributed by atoms with E-state index in [-0.39, 0.29) is 6.04 Å². The predicted molar refractivity (Wildman–Crippen MR) is 62.2 cm³/mol. The minimum absolute atomic E-state index is 0.291. The zero-order valence-electron chi connectivity index (χ0n) is 10.1. The number of nitrogens with two attached hydrogens (primary N) is 1. The molecule has 2 rings (SSSR count). The van der Waals surface area contributed by atoms with Crippen LogP contribution >= 0.6 is 0 Å². The minimum atomic E-state index is -0.291. The predicted octanol–water partition coefficient (Wildman–Crippen LogP) is 1.55. The Morgan fingerprint density at radius 3 is 3.00 bits per heavy atom. The van der Waals surface area contributed by atoms with Crippen molar-refractivity contribution in [2.45, 2.75) is 38.6 Å². The quantitative estimate of drug-likeness (QED) is 0.820. The lowest BCUT2D eigenvalue weighted by Crippen LogP contribution is -2.14. The van der Waals surface area contributed by atoms with E-state index in [2.05, 4.69) is 34.0 Å². The second kappa shape index (κ2) is 5.09. The van der Waals surface area contributed by atoms with Crippen LogP contribution in [-0.4, -0.2) is 20.1 Å². The summed E-state index contributed by atoms with van der Waals surface area (Å²) in [6.07, 6.45) is 4.96. The molecule has 2 aromatic rings. The number of rotatable bonds is 5. The SMILES string of the molecule is CCC(C)c1noc([C@@H](N)Cc2cnc[nH]2)n1. The number of aromatic amines is 1. The molecule has 0 aliphatic carbocycles. The molecule has 0 aliphatic heterocycles. The number of hydrogen-bond acceptors (Lipinski definition) is 5. The summed E-state index contributed by atoms with van der Waals surface area (Å²) >= 11 is 0. The maximum Gasteiger partial charge on any atom is 0.243 e. The van der Waals surface area contributed by atoms with E-state index in [0.717, 1.165) is 17.9 Å². The molecule has 2 atom stereocenters. The normalized spacial score (nSPS) is 14.8. The van der Waals surface area contributed by atoms with Crippen LogP contribution in [0.1, 0.15) is 49.6 Å². The zero-order valence-corrected chi connectivity index (χ0v) is 10.1. The van der Waals surface area contributed by atoms with Crippen LogP contribution in [0.2, 0.25) is 0 Å². The van der Waals surface area contributed by atoms with Gasteiger partial charge in [0.25, 0.3) is 0 Å². The van der Waals surface area contributed by atoms with Crippen molar-refractivity contribution in [3.63, 3.8) is 0 Å². The van der Waals surface area contributed by atoms with Crippen LogP contribution in [0, 0.1) is 0 Å². The lowest BCUT2D eigenvalue weighted by Gasteiger charge is -2.04. The third-order valence-corrected chi connectivity index (χ3v) is 2.82. The summed E-state index contributed by atoms with van der Waals surface area (Å²) < 4.78 is 5.18. The van der Waals surface area contributed by atoms with Crippen molar-refractivity contribution in [3.8, 4) is 0 Å². The molecule has 17 heavy (non-hydrogen) atoms. The summed E-state index contributed by atoms with van der Waals surface area (Å²) in [6.45, 7) is 4.15. The van der Waals surface area contributed by atoms with Gasteiger partial charge in [0.05, 0.1) is 12.4 Å². The molecular weight excluding hydrogens is 218 g/mol. The Balaban J connectivity index is 2.04. The van der Waals surface area contributed by atoms with Crippen molar-refractivity contribution in [2.24, 2.45) is 5.73 Å². The van der Waals surface area contributed by atoms with Gasteiger partial charge in [0.2, 0.25) is 5.89 Å². The Morgan fingerprint density at radius 1 is 1.53 bits per heavy atom. The zero-order chi connectivity index (χ0) is 12.3. The highest BCUT2D eigenvalue weighted by Gasteiger charge is 2.18. The molecule has 0 aromatic carbocycles. The van der Waals surface area contributed by atoms with E-state index >= 15 is 0 Å². The molecular formula is C11H17N5O. The Hall–Kier alpha value is -1.69. The number of nitrogens with one attached hydrogen (secondary N) is 1. The van der Waals surface area contributed by atoms with Gasteiger partial charge in [-0.15, -0.1) is 0 Å². The number of nitrogens with zero attached hydrogens (tertiary/aromatic N) is 3. The van der Waals surface area contributed by atoms with Crippen LogP contribution in [0.25, 0.3) is 0 Å². The molecule has 92 valence electrons. The van der Waals surface area contributed by atoms with E-state index in [1.165, 1.54) is 0 Å². The molecule has 0 radical (unpaired) electrons. The fraction of sp³-hybridized carbons (Fsp3) is 0.545. The van der Waals surface area contributed by atoms with Crippen LogP contribution in [-0.2, 0) is 6.42 Å². The Morgan fingerprint density at radius 2 is 2.35 bits per heavy atom. The van der Waals surface area contributed by atoms with Crippen molar-refractivity contribution >= 4 is 0 Å². The van der Waals surface area contributed by atoms with E-state index in [4.69, 9.17) is 10.3 Å². The van der Waals surface area contributed by atoms with Crippen molar-refractivity contribution in [1.29, 1.82) is 0 Å². The average molecular weight is 235 g/mol. The smallest absolute Gasteiger partial charge is 0.243 e. The highest BCUT2D eigenvalue weighted by molar-refractivity contribution is 5.03. The van der Waals surface area contributed by atoms with E-state index in [1.807, 2.05) is 0 Å².